The smallest absolute Gasteiger partial charge is 0.303 e. The van der Waals surface area contributed by atoms with E-state index in [4.69, 9.17) is 28.5 Å². The zero-order chi connectivity index (χ0) is 35.0. The molecule has 0 aromatic heterocycles. The van der Waals surface area contributed by atoms with Crippen molar-refractivity contribution in [2.75, 3.05) is 18.8 Å². The summed E-state index contributed by atoms with van der Waals surface area (Å²) in [5.74, 6) is -1.35. The number of methoxy groups -OCH3 is 1. The minimum absolute atomic E-state index is 0.271. The highest BCUT2D eigenvalue weighted by molar-refractivity contribution is 5.89. The van der Waals surface area contributed by atoms with E-state index in [-0.39, 0.29) is 6.61 Å². The summed E-state index contributed by atoms with van der Waals surface area (Å²) in [5, 5.41) is 12.7. The monoisotopic (exact) mass is 669 g/mol. The number of rotatable bonds is 12. The van der Waals surface area contributed by atoms with Gasteiger partial charge in [-0.2, -0.15) is 5.06 Å². The first kappa shape index (κ1) is 35.2. The lowest BCUT2D eigenvalue weighted by atomic mass is 9.80. The summed E-state index contributed by atoms with van der Waals surface area (Å²) in [4.78, 5) is 43.4. The summed E-state index contributed by atoms with van der Waals surface area (Å²) in [5.41, 5.74) is 1.46. The molecule has 1 heterocycles. The zero-order valence-corrected chi connectivity index (χ0v) is 27.6. The minimum atomic E-state index is -1.55. The second kappa shape index (κ2) is 15.9. The average Bonchev–Trinajstić information content (AvgIpc) is 3.11. The Morgan fingerprint density at radius 2 is 1.20 bits per heavy atom. The third-order valence-electron chi connectivity index (χ3n) is 8.03. The Morgan fingerprint density at radius 3 is 1.69 bits per heavy atom. The van der Waals surface area contributed by atoms with Crippen LogP contribution in [0, 0.1) is 0 Å². The molecule has 0 saturated carbocycles. The van der Waals surface area contributed by atoms with Crippen molar-refractivity contribution in [3.8, 4) is 5.75 Å². The van der Waals surface area contributed by atoms with E-state index in [9.17, 15) is 19.5 Å². The van der Waals surface area contributed by atoms with Crippen LogP contribution in [0.2, 0.25) is 0 Å². The van der Waals surface area contributed by atoms with Crippen molar-refractivity contribution in [3.63, 3.8) is 0 Å². The van der Waals surface area contributed by atoms with Gasteiger partial charge in [0, 0.05) is 20.8 Å². The number of aliphatic hydroxyl groups is 1. The van der Waals surface area contributed by atoms with Crippen LogP contribution < -0.4 is 9.80 Å². The molecule has 1 N–H and O–H groups in total. The predicted molar refractivity (Wildman–Crippen MR) is 178 cm³/mol. The van der Waals surface area contributed by atoms with Crippen LogP contribution in [0.5, 0.6) is 5.75 Å². The fourth-order valence-corrected chi connectivity index (χ4v) is 5.87. The van der Waals surface area contributed by atoms with Gasteiger partial charge in [0.15, 0.2) is 12.2 Å². The van der Waals surface area contributed by atoms with E-state index in [0.717, 1.165) is 28.7 Å². The van der Waals surface area contributed by atoms with Gasteiger partial charge in [-0.3, -0.25) is 14.4 Å². The molecule has 11 heteroatoms. The van der Waals surface area contributed by atoms with Crippen molar-refractivity contribution in [2.45, 2.75) is 57.1 Å². The largest absolute Gasteiger partial charge is 0.497 e. The van der Waals surface area contributed by atoms with Gasteiger partial charge in [-0.1, -0.05) is 91.0 Å². The fourth-order valence-electron chi connectivity index (χ4n) is 5.87. The Morgan fingerprint density at radius 1 is 0.714 bits per heavy atom. The maximum Gasteiger partial charge on any atom is 0.303 e. The first-order chi connectivity index (χ1) is 23.6. The van der Waals surface area contributed by atoms with Gasteiger partial charge < -0.3 is 28.8 Å². The van der Waals surface area contributed by atoms with E-state index in [0.29, 0.717) is 11.4 Å². The molecule has 4 aromatic rings. The summed E-state index contributed by atoms with van der Waals surface area (Å²) < 4.78 is 29.7. The van der Waals surface area contributed by atoms with Crippen LogP contribution in [0.15, 0.2) is 115 Å². The normalized spacial score (nSPS) is 20.6. The quantitative estimate of drug-likeness (QED) is 0.126. The SMILES string of the molecule is COc1ccc(C(OC[C@H]2O[C@@H](ON(C(C)=O)c3ccccc3)[C@H](OC(C)=O)[C@@H](OC(C)=O)[C@@H]2O)(c2ccccc2)c2ccccc2)cc1. The number of esters is 2. The molecule has 4 aromatic carbocycles. The van der Waals surface area contributed by atoms with Gasteiger partial charge in [0.05, 0.1) is 19.4 Å². The van der Waals surface area contributed by atoms with E-state index >= 15 is 0 Å². The van der Waals surface area contributed by atoms with Crippen LogP contribution in [0.3, 0.4) is 0 Å². The summed E-state index contributed by atoms with van der Waals surface area (Å²) in [6.07, 6.45) is -7.17. The maximum atomic E-state index is 12.8. The first-order valence-electron chi connectivity index (χ1n) is 15.7. The third-order valence-corrected chi connectivity index (χ3v) is 8.03. The average molecular weight is 670 g/mol. The second-order valence-corrected chi connectivity index (χ2v) is 11.4. The number of nitrogens with zero attached hydrogens (tertiary/aromatic N) is 1. The van der Waals surface area contributed by atoms with Crippen molar-refractivity contribution >= 4 is 23.5 Å². The molecule has 0 spiro atoms. The van der Waals surface area contributed by atoms with Gasteiger partial charge in [-0.15, -0.1) is 0 Å². The molecule has 0 bridgehead atoms. The molecule has 11 nitrogen and oxygen atoms in total. The molecule has 5 rings (SSSR count). The van der Waals surface area contributed by atoms with E-state index < -0.39 is 54.2 Å². The van der Waals surface area contributed by atoms with Crippen LogP contribution in [-0.2, 0) is 43.8 Å². The van der Waals surface area contributed by atoms with Gasteiger partial charge in [-0.25, -0.2) is 4.84 Å². The van der Waals surface area contributed by atoms with E-state index in [1.807, 2.05) is 84.9 Å². The molecule has 0 radical (unpaired) electrons. The molecule has 1 amide bonds. The summed E-state index contributed by atoms with van der Waals surface area (Å²) in [7, 11) is 1.58. The first-order valence-corrected chi connectivity index (χ1v) is 15.7. The second-order valence-electron chi connectivity index (χ2n) is 11.4. The number of hydroxylamine groups is 1. The van der Waals surface area contributed by atoms with E-state index in [1.54, 1.807) is 37.4 Å². The highest BCUT2D eigenvalue weighted by atomic mass is 16.8. The lowest BCUT2D eigenvalue weighted by Gasteiger charge is -2.45. The molecular weight excluding hydrogens is 630 g/mol. The number of anilines is 1. The Labute approximate surface area is 284 Å². The van der Waals surface area contributed by atoms with E-state index in [1.165, 1.54) is 13.8 Å². The number of carbonyl (C=O) groups excluding carboxylic acids is 3. The summed E-state index contributed by atoms with van der Waals surface area (Å²) in [6.45, 7) is 3.34. The molecule has 1 saturated heterocycles. The molecule has 1 aliphatic heterocycles. The third kappa shape index (κ3) is 7.98. The molecule has 0 unspecified atom stereocenters. The van der Waals surface area contributed by atoms with Crippen LogP contribution in [0.4, 0.5) is 5.69 Å². The fraction of sp³-hybridized carbons (Fsp3) is 0.289. The number of ether oxygens (including phenoxy) is 5. The summed E-state index contributed by atoms with van der Waals surface area (Å²) >= 11 is 0. The molecule has 0 aliphatic carbocycles. The Bertz CT molecular complexity index is 1640. The van der Waals surface area contributed by atoms with Crippen molar-refractivity contribution in [1.29, 1.82) is 0 Å². The molecular formula is C38H39NO10. The number of hydrogen-bond acceptors (Lipinski definition) is 10. The molecule has 1 fully saturated rings. The van der Waals surface area contributed by atoms with Gasteiger partial charge in [0.2, 0.25) is 12.2 Å². The standard InChI is InChI=1S/C38H39NO10/c1-25(40)39(31-18-12-7-13-19-31)49-37-36(47-27(3)42)35(46-26(2)41)34(43)33(48-37)24-45-38(28-14-8-5-9-15-28,29-16-10-6-11-17-29)30-20-22-32(44-4)23-21-30/h5-23,33-37,43H,24H2,1-4H3/t33-,34-,35+,36-,37+/m1/s1. The summed E-state index contributed by atoms with van der Waals surface area (Å²) in [6, 6.07) is 35.1. The molecule has 1 aliphatic rings. The lowest BCUT2D eigenvalue weighted by Crippen LogP contribution is -2.63. The highest BCUT2D eigenvalue weighted by Crippen LogP contribution is 2.42. The molecule has 256 valence electrons. The number of benzene rings is 4. The van der Waals surface area contributed by atoms with Crippen LogP contribution >= 0.6 is 0 Å². The van der Waals surface area contributed by atoms with Crippen molar-refractivity contribution in [2.24, 2.45) is 0 Å². The van der Waals surface area contributed by atoms with Crippen molar-refractivity contribution in [3.05, 3.63) is 132 Å². The van der Waals surface area contributed by atoms with Gasteiger partial charge in [-0.05, 0) is 41.0 Å². The number of hydrogen-bond donors (Lipinski definition) is 1. The number of aliphatic hydroxyl groups excluding tert-OH is 1. The van der Waals surface area contributed by atoms with Gasteiger partial charge >= 0.3 is 11.9 Å². The zero-order valence-electron chi connectivity index (χ0n) is 27.6. The van der Waals surface area contributed by atoms with Gasteiger partial charge in [0.25, 0.3) is 0 Å². The maximum absolute atomic E-state index is 12.8. The predicted octanol–water partition coefficient (Wildman–Crippen LogP) is 4.94. The van der Waals surface area contributed by atoms with Gasteiger partial charge in [0.1, 0.15) is 23.6 Å². The Kier molecular flexibility index (Phi) is 11.4. The van der Waals surface area contributed by atoms with Crippen molar-refractivity contribution < 1.29 is 48.0 Å². The lowest BCUT2D eigenvalue weighted by molar-refractivity contribution is -0.311. The minimum Gasteiger partial charge on any atom is -0.497 e. The number of amides is 1. The Balaban J connectivity index is 1.58. The highest BCUT2D eigenvalue weighted by Gasteiger charge is 2.52. The Hall–Kier alpha value is -5.07. The van der Waals surface area contributed by atoms with E-state index in [2.05, 4.69) is 0 Å². The van der Waals surface area contributed by atoms with Crippen LogP contribution in [0.25, 0.3) is 0 Å². The van der Waals surface area contributed by atoms with Crippen LogP contribution in [0.1, 0.15) is 37.5 Å². The molecule has 49 heavy (non-hydrogen) atoms. The number of para-hydroxylation sites is 1. The topological polar surface area (TPSA) is 130 Å². The number of carbonyl (C=O) groups is 3. The van der Waals surface area contributed by atoms with Crippen LogP contribution in [-0.4, -0.2) is 67.4 Å². The van der Waals surface area contributed by atoms with Crippen molar-refractivity contribution in [1.82, 2.24) is 0 Å². The molecule has 5 atom stereocenters.